The van der Waals surface area contributed by atoms with Gasteiger partial charge in [0.05, 0.1) is 5.56 Å². The highest BCUT2D eigenvalue weighted by molar-refractivity contribution is 6.10. The molecule has 1 saturated carbocycles. The maximum atomic E-state index is 12.8. The smallest absolute Gasteiger partial charge is 0.360 e. The molecule has 0 unspecified atom stereocenters. The first-order valence-electron chi connectivity index (χ1n) is 7.20. The van der Waals surface area contributed by atoms with Crippen LogP contribution in [0.2, 0.25) is 0 Å². The molecule has 2 nitrogen and oxygen atoms in total. The summed E-state index contributed by atoms with van der Waals surface area (Å²) in [7, 11) is 0. The van der Waals surface area contributed by atoms with E-state index in [1.54, 1.807) is 0 Å². The zero-order chi connectivity index (χ0) is 16.5. The lowest BCUT2D eigenvalue weighted by atomic mass is 10.00. The van der Waals surface area contributed by atoms with Gasteiger partial charge in [0.1, 0.15) is 0 Å². The van der Waals surface area contributed by atoms with Crippen LogP contribution in [0.1, 0.15) is 43.6 Å². The Morgan fingerprint density at radius 1 is 1.14 bits per heavy atom. The van der Waals surface area contributed by atoms with Gasteiger partial charge in [0.2, 0.25) is 0 Å². The number of benzene rings is 1. The molecule has 2 aromatic rings. The first-order valence-corrected chi connectivity index (χ1v) is 7.20. The van der Waals surface area contributed by atoms with Gasteiger partial charge in [-0.2, -0.15) is 13.2 Å². The number of halogens is 3. The molecule has 1 aliphatic rings. The number of aromatic nitrogens is 1. The van der Waals surface area contributed by atoms with E-state index >= 15 is 0 Å². The molecule has 0 atom stereocenters. The molecule has 1 heterocycles. The van der Waals surface area contributed by atoms with Crippen LogP contribution >= 0.6 is 0 Å². The number of hydrogen-bond donors (Lipinski definition) is 1. The molecule has 0 saturated heterocycles. The third kappa shape index (κ3) is 1.91. The van der Waals surface area contributed by atoms with Gasteiger partial charge in [0.15, 0.2) is 5.78 Å². The van der Waals surface area contributed by atoms with Gasteiger partial charge in [-0.3, -0.25) is 4.79 Å². The fourth-order valence-corrected chi connectivity index (χ4v) is 3.51. The number of H-pyrrole nitrogens is 1. The van der Waals surface area contributed by atoms with E-state index in [0.717, 1.165) is 12.1 Å². The summed E-state index contributed by atoms with van der Waals surface area (Å²) >= 11 is 0. The Labute approximate surface area is 126 Å². The summed E-state index contributed by atoms with van der Waals surface area (Å²) in [6.07, 6.45) is -2.86. The monoisotopic (exact) mass is 309 g/mol. The van der Waals surface area contributed by atoms with E-state index in [4.69, 9.17) is 0 Å². The van der Waals surface area contributed by atoms with E-state index in [1.165, 1.54) is 12.3 Å². The first-order chi connectivity index (χ1) is 9.98. The van der Waals surface area contributed by atoms with Crippen molar-refractivity contribution in [1.82, 2.24) is 4.98 Å². The highest BCUT2D eigenvalue weighted by Crippen LogP contribution is 2.69. The minimum absolute atomic E-state index is 0.000934. The molecule has 118 valence electrons. The summed E-state index contributed by atoms with van der Waals surface area (Å²) in [6.45, 7) is 8.19. The summed E-state index contributed by atoms with van der Waals surface area (Å²) in [6, 6.07) is 3.45. The second-order valence-corrected chi connectivity index (χ2v) is 7.20. The minimum Gasteiger partial charge on any atom is -0.360 e. The lowest BCUT2D eigenvalue weighted by Gasteiger charge is -2.06. The standard InChI is InChI=1S/C17H18F3NO/c1-15(2)14(16(15,3)4)13(22)11-8-21-12-7-9(17(18,19)20)5-6-10(11)12/h5-8,14,21H,1-4H3. The summed E-state index contributed by atoms with van der Waals surface area (Å²) in [5.74, 6) is -0.109. The number of alkyl halides is 3. The fourth-order valence-electron chi connectivity index (χ4n) is 3.51. The molecule has 1 fully saturated rings. The van der Waals surface area contributed by atoms with E-state index in [-0.39, 0.29) is 22.5 Å². The normalized spacial score (nSPS) is 20.3. The van der Waals surface area contributed by atoms with Gasteiger partial charge in [-0.15, -0.1) is 0 Å². The van der Waals surface area contributed by atoms with Crippen LogP contribution in [0.5, 0.6) is 0 Å². The predicted octanol–water partition coefficient (Wildman–Crippen LogP) is 5.05. The van der Waals surface area contributed by atoms with Crippen LogP contribution in [-0.4, -0.2) is 10.8 Å². The average molecular weight is 309 g/mol. The number of carbonyl (C=O) groups excluding carboxylic acids is 1. The summed E-state index contributed by atoms with van der Waals surface area (Å²) in [4.78, 5) is 15.6. The quantitative estimate of drug-likeness (QED) is 0.773. The number of hydrogen-bond acceptors (Lipinski definition) is 1. The average Bonchev–Trinajstić information content (AvgIpc) is 2.73. The number of Topliss-reactive ketones (excluding diaryl/α,β-unsaturated/α-hetero) is 1. The van der Waals surface area contributed by atoms with Gasteiger partial charge in [-0.25, -0.2) is 0 Å². The molecule has 22 heavy (non-hydrogen) atoms. The molecule has 1 aliphatic carbocycles. The number of fused-ring (bicyclic) bond motifs is 1. The lowest BCUT2D eigenvalue weighted by molar-refractivity contribution is -0.137. The Bertz CT molecular complexity index is 754. The number of rotatable bonds is 2. The summed E-state index contributed by atoms with van der Waals surface area (Å²) in [5.41, 5.74) is -0.0890. The fraction of sp³-hybridized carbons (Fsp3) is 0.471. The predicted molar refractivity (Wildman–Crippen MR) is 78.7 cm³/mol. The van der Waals surface area contributed by atoms with Crippen molar-refractivity contribution in [2.75, 3.05) is 0 Å². The highest BCUT2D eigenvalue weighted by Gasteiger charge is 2.68. The van der Waals surface area contributed by atoms with Crippen molar-refractivity contribution in [2.24, 2.45) is 16.7 Å². The van der Waals surface area contributed by atoms with Gasteiger partial charge in [-0.05, 0) is 23.0 Å². The molecular formula is C17H18F3NO. The Balaban J connectivity index is 2.02. The van der Waals surface area contributed by atoms with Crippen LogP contribution < -0.4 is 0 Å². The van der Waals surface area contributed by atoms with E-state index < -0.39 is 11.7 Å². The van der Waals surface area contributed by atoms with Crippen molar-refractivity contribution in [3.63, 3.8) is 0 Å². The molecule has 0 aliphatic heterocycles. The second kappa shape index (κ2) is 4.15. The van der Waals surface area contributed by atoms with Crippen LogP contribution in [0.3, 0.4) is 0 Å². The molecule has 1 aromatic heterocycles. The van der Waals surface area contributed by atoms with Crippen molar-refractivity contribution < 1.29 is 18.0 Å². The van der Waals surface area contributed by atoms with Crippen molar-refractivity contribution in [2.45, 2.75) is 33.9 Å². The topological polar surface area (TPSA) is 32.9 Å². The summed E-state index contributed by atoms with van der Waals surface area (Å²) in [5, 5.41) is 0.552. The third-order valence-corrected chi connectivity index (χ3v) is 5.56. The van der Waals surface area contributed by atoms with Crippen LogP contribution in [0.15, 0.2) is 24.4 Å². The largest absolute Gasteiger partial charge is 0.416 e. The van der Waals surface area contributed by atoms with Crippen molar-refractivity contribution in [1.29, 1.82) is 0 Å². The Kier molecular flexibility index (Phi) is 2.85. The van der Waals surface area contributed by atoms with Crippen LogP contribution in [0.25, 0.3) is 10.9 Å². The van der Waals surface area contributed by atoms with Crippen LogP contribution in [0.4, 0.5) is 13.2 Å². The molecule has 0 amide bonds. The second-order valence-electron chi connectivity index (χ2n) is 7.20. The molecule has 3 rings (SSSR count). The molecule has 0 radical (unpaired) electrons. The Morgan fingerprint density at radius 2 is 1.73 bits per heavy atom. The number of ketones is 1. The highest BCUT2D eigenvalue weighted by atomic mass is 19.4. The third-order valence-electron chi connectivity index (χ3n) is 5.56. The number of aromatic amines is 1. The lowest BCUT2D eigenvalue weighted by Crippen LogP contribution is -2.07. The van der Waals surface area contributed by atoms with Crippen LogP contribution in [-0.2, 0) is 6.18 Å². The molecule has 1 N–H and O–H groups in total. The zero-order valence-electron chi connectivity index (χ0n) is 12.9. The van der Waals surface area contributed by atoms with Crippen molar-refractivity contribution in [3.8, 4) is 0 Å². The van der Waals surface area contributed by atoms with E-state index in [9.17, 15) is 18.0 Å². The molecular weight excluding hydrogens is 291 g/mol. The number of carbonyl (C=O) groups is 1. The molecule has 0 spiro atoms. The van der Waals surface area contributed by atoms with E-state index in [2.05, 4.69) is 4.98 Å². The van der Waals surface area contributed by atoms with Gasteiger partial charge >= 0.3 is 6.18 Å². The SMILES string of the molecule is CC1(C)C(C(=O)c2c[nH]c3cc(C(F)(F)F)ccc23)C1(C)C. The van der Waals surface area contributed by atoms with Crippen molar-refractivity contribution in [3.05, 3.63) is 35.5 Å². The first kappa shape index (κ1) is 15.1. The number of nitrogens with one attached hydrogen (secondary N) is 1. The molecule has 0 bridgehead atoms. The van der Waals surface area contributed by atoms with Gasteiger partial charge in [0.25, 0.3) is 0 Å². The minimum atomic E-state index is -4.38. The zero-order valence-corrected chi connectivity index (χ0v) is 12.9. The maximum absolute atomic E-state index is 12.8. The van der Waals surface area contributed by atoms with Gasteiger partial charge in [0, 0.05) is 28.6 Å². The van der Waals surface area contributed by atoms with E-state index in [0.29, 0.717) is 16.5 Å². The summed E-state index contributed by atoms with van der Waals surface area (Å²) < 4.78 is 38.2. The van der Waals surface area contributed by atoms with Gasteiger partial charge in [-0.1, -0.05) is 33.8 Å². The maximum Gasteiger partial charge on any atom is 0.416 e. The van der Waals surface area contributed by atoms with Gasteiger partial charge < -0.3 is 4.98 Å². The van der Waals surface area contributed by atoms with E-state index in [1.807, 2.05) is 27.7 Å². The Hall–Kier alpha value is -1.78. The van der Waals surface area contributed by atoms with Crippen molar-refractivity contribution >= 4 is 16.7 Å². The molecule has 5 heteroatoms. The van der Waals surface area contributed by atoms with Crippen LogP contribution in [0, 0.1) is 16.7 Å². The molecule has 1 aromatic carbocycles. The Morgan fingerprint density at radius 3 is 2.23 bits per heavy atom.